The maximum atomic E-state index is 13.5. The van der Waals surface area contributed by atoms with Crippen molar-refractivity contribution < 1.29 is 21.6 Å². The highest BCUT2D eigenvalue weighted by molar-refractivity contribution is 7.93. The fourth-order valence-corrected chi connectivity index (χ4v) is 5.75. The molecular weight excluding hydrogens is 472 g/mol. The van der Waals surface area contributed by atoms with Crippen LogP contribution in [0.1, 0.15) is 29.7 Å². The average Bonchev–Trinajstić information content (AvgIpc) is 2.78. The zero-order valence-corrected chi connectivity index (χ0v) is 21.2. The molecule has 0 aliphatic heterocycles. The van der Waals surface area contributed by atoms with Crippen LogP contribution in [-0.4, -0.2) is 35.5 Å². The topological polar surface area (TPSA) is 101 Å². The van der Waals surface area contributed by atoms with E-state index in [1.807, 2.05) is 13.0 Å². The highest BCUT2D eigenvalue weighted by Crippen LogP contribution is 2.27. The number of amides is 1. The monoisotopic (exact) mass is 500 g/mol. The second-order valence-corrected chi connectivity index (χ2v) is 12.1. The minimum atomic E-state index is -4.00. The van der Waals surface area contributed by atoms with Gasteiger partial charge in [-0.25, -0.2) is 16.8 Å². The second kappa shape index (κ2) is 9.99. The molecule has 0 heterocycles. The van der Waals surface area contributed by atoms with Crippen molar-refractivity contribution in [3.8, 4) is 0 Å². The molecule has 1 atom stereocenters. The van der Waals surface area contributed by atoms with Crippen LogP contribution in [0.15, 0.2) is 82.6 Å². The van der Waals surface area contributed by atoms with Crippen LogP contribution in [0.25, 0.3) is 0 Å². The van der Waals surface area contributed by atoms with E-state index in [0.29, 0.717) is 11.3 Å². The van der Waals surface area contributed by atoms with Crippen LogP contribution in [0.4, 0.5) is 5.69 Å². The molecule has 3 aromatic carbocycles. The number of carbonyl (C=O) groups is 1. The fraction of sp³-hybridized carbons (Fsp3) is 0.240. The number of hydrogen-bond donors (Lipinski definition) is 1. The number of anilines is 1. The maximum Gasteiger partial charge on any atom is 0.264 e. The quantitative estimate of drug-likeness (QED) is 0.507. The van der Waals surface area contributed by atoms with E-state index in [4.69, 9.17) is 0 Å². The van der Waals surface area contributed by atoms with Crippen LogP contribution in [0.5, 0.6) is 0 Å². The Balaban J connectivity index is 1.88. The lowest BCUT2D eigenvalue weighted by atomic mass is 10.1. The maximum absolute atomic E-state index is 13.5. The first kappa shape index (κ1) is 25.5. The molecule has 0 spiro atoms. The summed E-state index contributed by atoms with van der Waals surface area (Å²) in [5.41, 5.74) is 2.84. The van der Waals surface area contributed by atoms with E-state index in [0.717, 1.165) is 21.7 Å². The smallest absolute Gasteiger partial charge is 0.264 e. The molecule has 1 amide bonds. The lowest BCUT2D eigenvalue weighted by molar-refractivity contribution is -0.120. The van der Waals surface area contributed by atoms with Gasteiger partial charge in [0, 0.05) is 6.26 Å². The third-order valence-electron chi connectivity index (χ3n) is 5.43. The van der Waals surface area contributed by atoms with E-state index in [2.05, 4.69) is 5.32 Å². The molecule has 0 aliphatic rings. The Kier molecular flexibility index (Phi) is 7.48. The summed E-state index contributed by atoms with van der Waals surface area (Å²) in [6, 6.07) is 19.1. The van der Waals surface area contributed by atoms with E-state index >= 15 is 0 Å². The number of sulfonamides is 1. The first-order valence-electron chi connectivity index (χ1n) is 10.6. The number of nitrogens with one attached hydrogen (secondary N) is 1. The largest absolute Gasteiger partial charge is 0.348 e. The molecule has 0 saturated heterocycles. The SMILES string of the molecule is Cc1ccc(N(CC(=O)NC(C)c2ccc(S(C)(=O)=O)cc2)S(=O)(=O)c2ccccc2)c(C)c1. The van der Waals surface area contributed by atoms with E-state index < -0.39 is 38.4 Å². The molecule has 0 aromatic heterocycles. The molecule has 34 heavy (non-hydrogen) atoms. The Morgan fingerprint density at radius 1 is 0.882 bits per heavy atom. The summed E-state index contributed by atoms with van der Waals surface area (Å²) in [5.74, 6) is -0.487. The van der Waals surface area contributed by atoms with Gasteiger partial charge in [-0.05, 0) is 62.2 Å². The molecule has 180 valence electrons. The van der Waals surface area contributed by atoms with Gasteiger partial charge in [0.2, 0.25) is 5.91 Å². The lowest BCUT2D eigenvalue weighted by Gasteiger charge is -2.26. The Morgan fingerprint density at radius 2 is 1.50 bits per heavy atom. The standard InChI is InChI=1S/C25H28N2O5S2/c1-18-10-15-24(19(2)16-18)27(34(31,32)23-8-6-5-7-9-23)17-25(28)26-20(3)21-11-13-22(14-12-21)33(4,29)30/h5-16,20H,17H2,1-4H3,(H,26,28). The van der Waals surface area contributed by atoms with Crippen molar-refractivity contribution >= 4 is 31.5 Å². The van der Waals surface area contributed by atoms with E-state index in [1.54, 1.807) is 56.3 Å². The molecule has 0 bridgehead atoms. The third-order valence-corrected chi connectivity index (χ3v) is 8.33. The van der Waals surface area contributed by atoms with Gasteiger partial charge in [-0.15, -0.1) is 0 Å². The second-order valence-electron chi connectivity index (χ2n) is 8.25. The van der Waals surface area contributed by atoms with E-state index in [-0.39, 0.29) is 9.79 Å². The molecule has 0 saturated carbocycles. The van der Waals surface area contributed by atoms with Crippen molar-refractivity contribution in [2.45, 2.75) is 36.6 Å². The zero-order chi connectivity index (χ0) is 25.1. The predicted octanol–water partition coefficient (Wildman–Crippen LogP) is 3.78. The minimum Gasteiger partial charge on any atom is -0.348 e. The van der Waals surface area contributed by atoms with Gasteiger partial charge in [0.05, 0.1) is 21.5 Å². The Hall–Kier alpha value is -3.17. The third kappa shape index (κ3) is 5.84. The summed E-state index contributed by atoms with van der Waals surface area (Å²) >= 11 is 0. The summed E-state index contributed by atoms with van der Waals surface area (Å²) in [6.07, 6.45) is 1.13. The van der Waals surface area contributed by atoms with Gasteiger partial charge in [-0.2, -0.15) is 0 Å². The summed E-state index contributed by atoms with van der Waals surface area (Å²) in [4.78, 5) is 13.3. The van der Waals surface area contributed by atoms with Crippen LogP contribution in [-0.2, 0) is 24.7 Å². The van der Waals surface area contributed by atoms with Crippen LogP contribution >= 0.6 is 0 Å². The van der Waals surface area contributed by atoms with Gasteiger partial charge >= 0.3 is 0 Å². The molecule has 9 heteroatoms. The van der Waals surface area contributed by atoms with Crippen LogP contribution < -0.4 is 9.62 Å². The predicted molar refractivity (Wildman–Crippen MR) is 133 cm³/mol. The molecule has 0 radical (unpaired) electrons. The summed E-state index contributed by atoms with van der Waals surface area (Å²) in [6.45, 7) is 5.06. The summed E-state index contributed by atoms with van der Waals surface area (Å²) < 4.78 is 51.4. The number of carbonyl (C=O) groups excluding carboxylic acids is 1. The lowest BCUT2D eigenvalue weighted by Crippen LogP contribution is -2.41. The summed E-state index contributed by atoms with van der Waals surface area (Å²) in [5, 5.41) is 2.81. The summed E-state index contributed by atoms with van der Waals surface area (Å²) in [7, 11) is -7.33. The molecule has 1 unspecified atom stereocenters. The van der Waals surface area contributed by atoms with Crippen molar-refractivity contribution in [3.05, 3.63) is 89.5 Å². The number of aryl methyl sites for hydroxylation is 2. The highest BCUT2D eigenvalue weighted by Gasteiger charge is 2.28. The number of sulfone groups is 1. The fourth-order valence-electron chi connectivity index (χ4n) is 3.61. The average molecular weight is 501 g/mol. The Morgan fingerprint density at radius 3 is 2.06 bits per heavy atom. The van der Waals surface area contributed by atoms with Crippen molar-refractivity contribution in [3.63, 3.8) is 0 Å². The molecule has 1 N–H and O–H groups in total. The van der Waals surface area contributed by atoms with Crippen LogP contribution in [0, 0.1) is 13.8 Å². The number of hydrogen-bond acceptors (Lipinski definition) is 5. The van der Waals surface area contributed by atoms with Gasteiger partial charge in [-0.3, -0.25) is 9.10 Å². The molecular formula is C25H28N2O5S2. The zero-order valence-electron chi connectivity index (χ0n) is 19.5. The van der Waals surface area contributed by atoms with Gasteiger partial charge in [0.1, 0.15) is 6.54 Å². The van der Waals surface area contributed by atoms with Crippen molar-refractivity contribution in [1.82, 2.24) is 5.32 Å². The van der Waals surface area contributed by atoms with Gasteiger partial charge in [0.15, 0.2) is 9.84 Å². The highest BCUT2D eigenvalue weighted by atomic mass is 32.2. The number of rotatable bonds is 8. The first-order chi connectivity index (χ1) is 15.9. The molecule has 3 rings (SSSR count). The molecule has 0 fully saturated rings. The van der Waals surface area contributed by atoms with E-state index in [1.165, 1.54) is 24.3 Å². The Bertz CT molecular complexity index is 1380. The van der Waals surface area contributed by atoms with Crippen LogP contribution in [0.2, 0.25) is 0 Å². The van der Waals surface area contributed by atoms with Crippen LogP contribution in [0.3, 0.4) is 0 Å². The van der Waals surface area contributed by atoms with E-state index in [9.17, 15) is 21.6 Å². The van der Waals surface area contributed by atoms with Gasteiger partial charge < -0.3 is 5.32 Å². The molecule has 0 aliphatic carbocycles. The normalized spacial score (nSPS) is 12.7. The van der Waals surface area contributed by atoms with Crippen molar-refractivity contribution in [1.29, 1.82) is 0 Å². The number of benzene rings is 3. The van der Waals surface area contributed by atoms with Crippen molar-refractivity contribution in [2.24, 2.45) is 0 Å². The van der Waals surface area contributed by atoms with Gasteiger partial charge in [0.25, 0.3) is 10.0 Å². The van der Waals surface area contributed by atoms with Gasteiger partial charge in [-0.1, -0.05) is 48.0 Å². The molecule has 7 nitrogen and oxygen atoms in total. The molecule has 3 aromatic rings. The number of nitrogens with zero attached hydrogens (tertiary/aromatic N) is 1. The minimum absolute atomic E-state index is 0.0900. The van der Waals surface area contributed by atoms with Crippen molar-refractivity contribution in [2.75, 3.05) is 17.1 Å². The Labute approximate surface area is 201 Å². The first-order valence-corrected chi connectivity index (χ1v) is 14.0.